The van der Waals surface area contributed by atoms with Gasteiger partial charge in [-0.1, -0.05) is 54.6 Å². The molecule has 0 spiro atoms. The molecule has 2 nitrogen and oxygen atoms in total. The van der Waals surface area contributed by atoms with E-state index in [1.807, 2.05) is 13.8 Å². The van der Waals surface area contributed by atoms with Crippen LogP contribution in [0.4, 0.5) is 0 Å². The Morgan fingerprint density at radius 2 is 1.04 bits per heavy atom. The van der Waals surface area contributed by atoms with E-state index in [2.05, 4.69) is 91.0 Å². The second-order valence-electron chi connectivity index (χ2n) is 6.99. The third-order valence-electron chi connectivity index (χ3n) is 4.96. The van der Waals surface area contributed by atoms with E-state index >= 15 is 0 Å². The van der Waals surface area contributed by atoms with E-state index < -0.39 is 13.0 Å². The molecule has 3 aromatic rings. The fraction of sp³-hybridized carbons (Fsp3) is 0.250. The van der Waals surface area contributed by atoms with E-state index in [-0.39, 0.29) is 17.0 Å². The number of halogens is 1. The predicted molar refractivity (Wildman–Crippen MR) is 117 cm³/mol. The molecule has 3 rings (SSSR count). The van der Waals surface area contributed by atoms with Crippen LogP contribution in [-0.4, -0.2) is 25.7 Å². The Balaban J connectivity index is 0.00000280. The van der Waals surface area contributed by atoms with Crippen LogP contribution in [0.1, 0.15) is 13.8 Å². The summed E-state index contributed by atoms with van der Waals surface area (Å²) in [5.41, 5.74) is 0. The Bertz CT molecular complexity index is 726. The number of rotatable bonds is 8. The number of hydrogen-bond donors (Lipinski definition) is 0. The van der Waals surface area contributed by atoms with Gasteiger partial charge in [-0.15, -0.1) is 0 Å². The van der Waals surface area contributed by atoms with Crippen molar-refractivity contribution in [3.63, 3.8) is 0 Å². The lowest BCUT2D eigenvalue weighted by Crippen LogP contribution is -3.00. The van der Waals surface area contributed by atoms with Crippen LogP contribution in [0.3, 0.4) is 0 Å². The molecule has 148 valence electrons. The smallest absolute Gasteiger partial charge is 0.162 e. The zero-order valence-corrected chi connectivity index (χ0v) is 19.2. The minimum atomic E-state index is -1.83. The maximum atomic E-state index is 6.10. The minimum Gasteiger partial charge on any atom is -1.00 e. The first-order valence-corrected chi connectivity index (χ1v) is 11.3. The minimum absolute atomic E-state index is 0. The lowest BCUT2D eigenvalue weighted by Gasteiger charge is -2.29. The summed E-state index contributed by atoms with van der Waals surface area (Å²) in [6.07, 6.45) is 0.928. The molecule has 0 N–H and O–H groups in total. The molecule has 0 aliphatic carbocycles. The second-order valence-corrected chi connectivity index (χ2v) is 10.6. The lowest BCUT2D eigenvalue weighted by atomic mass is 10.4. The van der Waals surface area contributed by atoms with Gasteiger partial charge in [-0.05, 0) is 50.2 Å². The Kier molecular flexibility index (Phi) is 8.39. The Hall–Kier alpha value is -1.51. The first-order chi connectivity index (χ1) is 13.1. The van der Waals surface area contributed by atoms with E-state index in [1.54, 1.807) is 7.11 Å². The fourth-order valence-corrected chi connectivity index (χ4v) is 7.45. The molecular weight excluding hydrogens is 431 g/mol. The summed E-state index contributed by atoms with van der Waals surface area (Å²) >= 11 is 0. The summed E-state index contributed by atoms with van der Waals surface area (Å²) in [6.45, 7) is 4.55. The van der Waals surface area contributed by atoms with Crippen molar-refractivity contribution in [2.24, 2.45) is 0 Å². The van der Waals surface area contributed by atoms with Crippen LogP contribution in [-0.2, 0) is 9.47 Å². The quantitative estimate of drug-likeness (QED) is 0.375. The second kappa shape index (κ2) is 10.3. The number of methoxy groups -OCH3 is 1. The standard InChI is InChI=1S/C24H28O2P.BrH/c1-24(2,25-3)26-19-20-27(21-13-7-4-8-14-21,22-15-9-5-10-16-22)23-17-11-6-12-18-23;/h4-18H,19-20H2,1-3H3;1H/q+1;/p-1. The van der Waals surface area contributed by atoms with Crippen LogP contribution in [0.5, 0.6) is 0 Å². The van der Waals surface area contributed by atoms with Gasteiger partial charge in [0.25, 0.3) is 0 Å². The van der Waals surface area contributed by atoms with Gasteiger partial charge in [-0.25, -0.2) is 0 Å². The largest absolute Gasteiger partial charge is 1.00 e. The monoisotopic (exact) mass is 458 g/mol. The Labute approximate surface area is 180 Å². The van der Waals surface area contributed by atoms with E-state index in [0.717, 1.165) is 6.16 Å². The fourth-order valence-electron chi connectivity index (χ4n) is 3.37. The van der Waals surface area contributed by atoms with Gasteiger partial charge in [0.1, 0.15) is 23.2 Å². The molecule has 0 saturated carbocycles. The van der Waals surface area contributed by atoms with Gasteiger partial charge in [-0.3, -0.25) is 0 Å². The normalized spacial score (nSPS) is 11.7. The highest BCUT2D eigenvalue weighted by Crippen LogP contribution is 2.55. The lowest BCUT2D eigenvalue weighted by molar-refractivity contribution is -0.193. The van der Waals surface area contributed by atoms with Gasteiger partial charge in [0.05, 0.1) is 12.8 Å². The van der Waals surface area contributed by atoms with E-state index in [9.17, 15) is 0 Å². The summed E-state index contributed by atoms with van der Waals surface area (Å²) in [7, 11) is -0.142. The zero-order valence-electron chi connectivity index (χ0n) is 16.7. The third-order valence-corrected chi connectivity index (χ3v) is 9.35. The average molecular weight is 459 g/mol. The molecule has 28 heavy (non-hydrogen) atoms. The maximum Gasteiger partial charge on any atom is 0.162 e. The van der Waals surface area contributed by atoms with Crippen molar-refractivity contribution in [3.05, 3.63) is 91.0 Å². The van der Waals surface area contributed by atoms with Gasteiger partial charge >= 0.3 is 0 Å². The summed E-state index contributed by atoms with van der Waals surface area (Å²) in [5.74, 6) is -0.584. The van der Waals surface area contributed by atoms with Crippen molar-refractivity contribution < 1.29 is 26.5 Å². The Morgan fingerprint density at radius 1 is 0.679 bits per heavy atom. The molecular formula is C24H28BrO2P. The topological polar surface area (TPSA) is 18.5 Å². The van der Waals surface area contributed by atoms with Gasteiger partial charge in [0.15, 0.2) is 5.79 Å². The molecule has 0 unspecified atom stereocenters. The molecule has 0 bridgehead atoms. The molecule has 0 aliphatic heterocycles. The van der Waals surface area contributed by atoms with Gasteiger partial charge in [0.2, 0.25) is 0 Å². The molecule has 0 radical (unpaired) electrons. The molecule has 0 atom stereocenters. The summed E-state index contributed by atoms with van der Waals surface area (Å²) in [4.78, 5) is 0. The molecule has 0 saturated heterocycles. The summed E-state index contributed by atoms with van der Waals surface area (Å²) < 4.78 is 11.6. The first kappa shape index (κ1) is 22.8. The zero-order chi connectivity index (χ0) is 19.2. The van der Waals surface area contributed by atoms with Crippen molar-refractivity contribution in [3.8, 4) is 0 Å². The summed E-state index contributed by atoms with van der Waals surface area (Å²) in [6, 6.07) is 32.6. The first-order valence-electron chi connectivity index (χ1n) is 9.32. The van der Waals surface area contributed by atoms with Crippen molar-refractivity contribution >= 4 is 23.2 Å². The molecule has 0 heterocycles. The predicted octanol–water partition coefficient (Wildman–Crippen LogP) is 1.38. The Morgan fingerprint density at radius 3 is 1.36 bits per heavy atom. The van der Waals surface area contributed by atoms with Crippen LogP contribution in [0.2, 0.25) is 0 Å². The number of benzene rings is 3. The molecule has 0 amide bonds. The number of hydrogen-bond acceptors (Lipinski definition) is 2. The van der Waals surface area contributed by atoms with Gasteiger partial charge in [-0.2, -0.15) is 0 Å². The van der Waals surface area contributed by atoms with Gasteiger partial charge in [0, 0.05) is 7.11 Å². The van der Waals surface area contributed by atoms with E-state index in [4.69, 9.17) is 9.47 Å². The van der Waals surface area contributed by atoms with E-state index in [0.29, 0.717) is 6.61 Å². The molecule has 0 aliphatic rings. The van der Waals surface area contributed by atoms with Crippen molar-refractivity contribution in [2.45, 2.75) is 19.6 Å². The SMILES string of the molecule is COC(C)(C)OCC[P+](c1ccccc1)(c1ccccc1)c1ccccc1.[Br-]. The summed E-state index contributed by atoms with van der Waals surface area (Å²) in [5, 5.41) is 4.13. The van der Waals surface area contributed by atoms with E-state index in [1.165, 1.54) is 15.9 Å². The average Bonchev–Trinajstić information content (AvgIpc) is 2.73. The van der Waals surface area contributed by atoms with Crippen molar-refractivity contribution in [1.82, 2.24) is 0 Å². The molecule has 0 fully saturated rings. The van der Waals surface area contributed by atoms with Crippen LogP contribution >= 0.6 is 7.26 Å². The van der Waals surface area contributed by atoms with Crippen LogP contribution in [0.15, 0.2) is 91.0 Å². The molecule has 0 aromatic heterocycles. The highest BCUT2D eigenvalue weighted by Gasteiger charge is 2.45. The van der Waals surface area contributed by atoms with Crippen molar-refractivity contribution in [1.29, 1.82) is 0 Å². The third kappa shape index (κ3) is 5.10. The molecule has 4 heteroatoms. The maximum absolute atomic E-state index is 6.10. The highest BCUT2D eigenvalue weighted by atomic mass is 79.9. The van der Waals surface area contributed by atoms with Crippen molar-refractivity contribution in [2.75, 3.05) is 19.9 Å². The molecule has 3 aromatic carbocycles. The number of ether oxygens (including phenoxy) is 2. The highest BCUT2D eigenvalue weighted by molar-refractivity contribution is 7.95. The van der Waals surface area contributed by atoms with Crippen LogP contribution in [0, 0.1) is 0 Å². The van der Waals surface area contributed by atoms with Crippen LogP contribution in [0.25, 0.3) is 0 Å². The van der Waals surface area contributed by atoms with Crippen LogP contribution < -0.4 is 32.9 Å². The van der Waals surface area contributed by atoms with Gasteiger partial charge < -0.3 is 26.5 Å².